The summed E-state index contributed by atoms with van der Waals surface area (Å²) in [5.41, 5.74) is 2.04. The molecule has 0 aliphatic heterocycles. The molecule has 0 aliphatic carbocycles. The lowest BCUT2D eigenvalue weighted by molar-refractivity contribution is 0.192. The summed E-state index contributed by atoms with van der Waals surface area (Å²) in [5.74, 6) is 5.96. The highest BCUT2D eigenvalue weighted by molar-refractivity contribution is 5.33. The lowest BCUT2D eigenvalue weighted by atomic mass is 10.2. The topological polar surface area (TPSA) is 9.23 Å². The molecule has 0 atom stereocenters. The molecule has 0 saturated heterocycles. The Kier molecular flexibility index (Phi) is 4.54. The van der Waals surface area contributed by atoms with Gasteiger partial charge in [0.1, 0.15) is 6.61 Å². The summed E-state index contributed by atoms with van der Waals surface area (Å²) in [5, 5.41) is 0. The first-order valence-electron chi connectivity index (χ1n) is 4.55. The minimum absolute atomic E-state index is 0.460. The quantitative estimate of drug-likeness (QED) is 0.400. The number of hydrogen-bond acceptors (Lipinski definition) is 1. The van der Waals surface area contributed by atoms with E-state index in [0.29, 0.717) is 13.2 Å². The molecule has 72 valence electrons. The highest BCUT2D eigenvalue weighted by Crippen LogP contribution is 1.94. The Hall–Kier alpha value is -1.52. The van der Waals surface area contributed by atoms with Crippen LogP contribution in [0.2, 0.25) is 0 Å². The van der Waals surface area contributed by atoms with E-state index in [0.717, 1.165) is 11.1 Å². The first kappa shape index (κ1) is 10.6. The maximum Gasteiger partial charge on any atom is 0.108 e. The molecule has 1 nitrogen and oxygen atoms in total. The van der Waals surface area contributed by atoms with Crippen LogP contribution in [0.15, 0.2) is 42.5 Å². The van der Waals surface area contributed by atoms with Gasteiger partial charge in [0.05, 0.1) is 6.61 Å². The third-order valence-corrected chi connectivity index (χ3v) is 1.53. The molecule has 1 aromatic carbocycles. The highest BCUT2D eigenvalue weighted by atomic mass is 16.5. The van der Waals surface area contributed by atoms with Crippen molar-refractivity contribution in [2.75, 3.05) is 13.2 Å². The fourth-order valence-corrected chi connectivity index (χ4v) is 0.936. The fraction of sp³-hybridized carbons (Fsp3) is 0.231. The van der Waals surface area contributed by atoms with Gasteiger partial charge in [-0.15, -0.1) is 0 Å². The zero-order chi connectivity index (χ0) is 10.2. The first-order valence-corrected chi connectivity index (χ1v) is 4.55. The van der Waals surface area contributed by atoms with E-state index in [4.69, 9.17) is 4.74 Å². The van der Waals surface area contributed by atoms with Crippen molar-refractivity contribution in [2.24, 2.45) is 0 Å². The Balaban J connectivity index is 2.31. The van der Waals surface area contributed by atoms with E-state index in [1.807, 2.05) is 37.3 Å². The largest absolute Gasteiger partial charge is 0.364 e. The molecule has 0 unspecified atom stereocenters. The molecule has 0 fully saturated rings. The van der Waals surface area contributed by atoms with Gasteiger partial charge in [-0.1, -0.05) is 42.2 Å². The van der Waals surface area contributed by atoms with Gasteiger partial charge in [0.15, 0.2) is 0 Å². The molecule has 0 aromatic heterocycles. The van der Waals surface area contributed by atoms with Gasteiger partial charge in [-0.3, -0.25) is 0 Å². The van der Waals surface area contributed by atoms with Gasteiger partial charge in [-0.05, 0) is 19.1 Å². The van der Waals surface area contributed by atoms with Crippen molar-refractivity contribution in [2.45, 2.75) is 6.92 Å². The van der Waals surface area contributed by atoms with Gasteiger partial charge in [0.25, 0.3) is 0 Å². The summed E-state index contributed by atoms with van der Waals surface area (Å²) in [6.07, 6.45) is 0. The highest BCUT2D eigenvalue weighted by Gasteiger charge is 1.84. The molecular formula is C13H14O. The van der Waals surface area contributed by atoms with E-state index in [9.17, 15) is 0 Å². The van der Waals surface area contributed by atoms with Crippen LogP contribution in [0.1, 0.15) is 12.5 Å². The van der Waals surface area contributed by atoms with Crippen LogP contribution in [0.5, 0.6) is 0 Å². The minimum Gasteiger partial charge on any atom is -0.364 e. The monoisotopic (exact) mass is 186 g/mol. The molecule has 0 radical (unpaired) electrons. The molecule has 0 bridgehead atoms. The van der Waals surface area contributed by atoms with E-state index in [1.165, 1.54) is 0 Å². The third-order valence-electron chi connectivity index (χ3n) is 1.53. The van der Waals surface area contributed by atoms with E-state index in [2.05, 4.69) is 18.4 Å². The number of rotatable bonds is 3. The Bertz CT molecular complexity index is 340. The molecule has 0 saturated carbocycles. The van der Waals surface area contributed by atoms with Gasteiger partial charge in [0, 0.05) is 5.56 Å². The summed E-state index contributed by atoms with van der Waals surface area (Å²) < 4.78 is 5.24. The minimum atomic E-state index is 0.460. The van der Waals surface area contributed by atoms with Gasteiger partial charge in [-0.2, -0.15) is 0 Å². The van der Waals surface area contributed by atoms with Gasteiger partial charge < -0.3 is 4.74 Å². The van der Waals surface area contributed by atoms with Crippen molar-refractivity contribution in [1.82, 2.24) is 0 Å². The van der Waals surface area contributed by atoms with Crippen LogP contribution in [-0.2, 0) is 4.74 Å². The predicted octanol–water partition coefficient (Wildman–Crippen LogP) is 2.63. The smallest absolute Gasteiger partial charge is 0.108 e. The molecule has 0 amide bonds. The molecule has 1 rings (SSSR count). The molecule has 0 aliphatic rings. The van der Waals surface area contributed by atoms with Gasteiger partial charge in [-0.25, -0.2) is 0 Å². The maximum absolute atomic E-state index is 5.24. The van der Waals surface area contributed by atoms with E-state index >= 15 is 0 Å². The average Bonchev–Trinajstić information content (AvgIpc) is 2.18. The molecule has 0 spiro atoms. The average molecular weight is 186 g/mol. The van der Waals surface area contributed by atoms with Crippen molar-refractivity contribution in [3.05, 3.63) is 48.0 Å². The van der Waals surface area contributed by atoms with Crippen molar-refractivity contribution in [3.63, 3.8) is 0 Å². The number of hydrogen-bond donors (Lipinski definition) is 0. The number of benzene rings is 1. The van der Waals surface area contributed by atoms with E-state index < -0.39 is 0 Å². The fourth-order valence-electron chi connectivity index (χ4n) is 0.936. The summed E-state index contributed by atoms with van der Waals surface area (Å²) >= 11 is 0. The molecule has 1 heteroatoms. The van der Waals surface area contributed by atoms with Crippen LogP contribution in [0, 0.1) is 11.8 Å². The molecule has 0 heterocycles. The van der Waals surface area contributed by atoms with Crippen LogP contribution < -0.4 is 0 Å². The Morgan fingerprint density at radius 2 is 2.07 bits per heavy atom. The molecule has 14 heavy (non-hydrogen) atoms. The van der Waals surface area contributed by atoms with Crippen molar-refractivity contribution >= 4 is 0 Å². The van der Waals surface area contributed by atoms with Crippen molar-refractivity contribution in [1.29, 1.82) is 0 Å². The van der Waals surface area contributed by atoms with Gasteiger partial charge in [0.2, 0.25) is 0 Å². The van der Waals surface area contributed by atoms with Crippen LogP contribution >= 0.6 is 0 Å². The van der Waals surface area contributed by atoms with Gasteiger partial charge >= 0.3 is 0 Å². The Labute approximate surface area is 85.4 Å². The van der Waals surface area contributed by atoms with Crippen LogP contribution in [0.4, 0.5) is 0 Å². The third kappa shape index (κ3) is 4.49. The predicted molar refractivity (Wildman–Crippen MR) is 59.0 cm³/mol. The summed E-state index contributed by atoms with van der Waals surface area (Å²) in [6, 6.07) is 9.87. The zero-order valence-corrected chi connectivity index (χ0v) is 8.42. The van der Waals surface area contributed by atoms with E-state index in [1.54, 1.807) is 0 Å². The van der Waals surface area contributed by atoms with Crippen LogP contribution in [-0.4, -0.2) is 13.2 Å². The normalized spacial score (nSPS) is 8.93. The summed E-state index contributed by atoms with van der Waals surface area (Å²) in [6.45, 7) is 6.72. The lowest BCUT2D eigenvalue weighted by Crippen LogP contribution is -1.94. The zero-order valence-electron chi connectivity index (χ0n) is 8.42. The second kappa shape index (κ2) is 6.01. The van der Waals surface area contributed by atoms with Crippen LogP contribution in [0.3, 0.4) is 0 Å². The standard InChI is InChI=1S/C13H14O/c1-12(2)11-14-10-6-9-13-7-4-3-5-8-13/h3-5,7-8H,1,10-11H2,2H3. The van der Waals surface area contributed by atoms with Crippen molar-refractivity contribution < 1.29 is 4.74 Å². The molecule has 0 N–H and O–H groups in total. The Morgan fingerprint density at radius 3 is 2.71 bits per heavy atom. The number of ether oxygens (including phenoxy) is 1. The second-order valence-corrected chi connectivity index (χ2v) is 3.12. The first-order chi connectivity index (χ1) is 6.79. The summed E-state index contributed by atoms with van der Waals surface area (Å²) in [4.78, 5) is 0. The molecule has 1 aromatic rings. The van der Waals surface area contributed by atoms with E-state index in [-0.39, 0.29) is 0 Å². The van der Waals surface area contributed by atoms with Crippen molar-refractivity contribution in [3.8, 4) is 11.8 Å². The maximum atomic E-state index is 5.24. The molecular weight excluding hydrogens is 172 g/mol. The SMILES string of the molecule is C=C(C)COCC#Cc1ccccc1. The van der Waals surface area contributed by atoms with Crippen LogP contribution in [0.25, 0.3) is 0 Å². The lowest BCUT2D eigenvalue weighted by Gasteiger charge is -1.96. The Morgan fingerprint density at radius 1 is 1.36 bits per heavy atom. The summed E-state index contributed by atoms with van der Waals surface area (Å²) in [7, 11) is 0. The second-order valence-electron chi connectivity index (χ2n) is 3.12.